The van der Waals surface area contributed by atoms with Crippen molar-refractivity contribution in [1.29, 1.82) is 0 Å². The Balaban J connectivity index is 2.27. The molecule has 0 amide bonds. The minimum atomic E-state index is -0.0728. The van der Waals surface area contributed by atoms with Gasteiger partial charge in [0, 0.05) is 6.04 Å². The third kappa shape index (κ3) is 1.51. The summed E-state index contributed by atoms with van der Waals surface area (Å²) in [5, 5.41) is 16.7. The number of hydrogen-bond donors (Lipinski definition) is 1. The average Bonchev–Trinajstić information content (AvgIpc) is 2.89. The van der Waals surface area contributed by atoms with E-state index in [-0.39, 0.29) is 6.61 Å². The van der Waals surface area contributed by atoms with E-state index >= 15 is 0 Å². The molecule has 1 aliphatic rings. The zero-order valence-corrected chi connectivity index (χ0v) is 7.60. The fourth-order valence-electron chi connectivity index (χ4n) is 1.34. The largest absolute Gasteiger partial charge is 0.464 e. The number of aliphatic hydroxyl groups excluding tert-OH is 1. The van der Waals surface area contributed by atoms with Gasteiger partial charge in [-0.05, 0) is 19.8 Å². The highest BCUT2D eigenvalue weighted by atomic mass is 16.5. The topological polar surface area (TPSA) is 60.2 Å². The molecule has 0 radical (unpaired) electrons. The molecule has 0 spiro atoms. The van der Waals surface area contributed by atoms with Crippen molar-refractivity contribution >= 4 is 0 Å². The number of aliphatic hydroxyl groups is 1. The van der Waals surface area contributed by atoms with Crippen LogP contribution in [0.1, 0.15) is 31.6 Å². The first-order chi connectivity index (χ1) is 6.36. The average molecular weight is 183 g/mol. The Hall–Kier alpha value is -1.10. The molecule has 1 saturated carbocycles. The van der Waals surface area contributed by atoms with E-state index < -0.39 is 0 Å². The monoisotopic (exact) mass is 183 g/mol. The Morgan fingerprint density at radius 2 is 2.31 bits per heavy atom. The number of ether oxygens (including phenoxy) is 1. The van der Waals surface area contributed by atoms with Crippen molar-refractivity contribution in [2.24, 2.45) is 0 Å². The number of aromatic nitrogens is 3. The van der Waals surface area contributed by atoms with Gasteiger partial charge in [0.2, 0.25) is 0 Å². The molecule has 72 valence electrons. The van der Waals surface area contributed by atoms with Crippen molar-refractivity contribution < 1.29 is 9.84 Å². The molecule has 1 N–H and O–H groups in total. The maximum absolute atomic E-state index is 9.00. The molecule has 5 heteroatoms. The Bertz CT molecular complexity index is 294. The third-order valence-corrected chi connectivity index (χ3v) is 2.06. The van der Waals surface area contributed by atoms with Crippen LogP contribution in [0.5, 0.6) is 6.01 Å². The fraction of sp³-hybridized carbons (Fsp3) is 0.750. The second kappa shape index (κ2) is 3.33. The highest BCUT2D eigenvalue weighted by molar-refractivity contribution is 5.06. The maximum Gasteiger partial charge on any atom is 0.317 e. The lowest BCUT2D eigenvalue weighted by atomic mass is 10.5. The van der Waals surface area contributed by atoms with Gasteiger partial charge in [0.15, 0.2) is 5.82 Å². The van der Waals surface area contributed by atoms with Crippen LogP contribution in [0.3, 0.4) is 0 Å². The Morgan fingerprint density at radius 3 is 2.85 bits per heavy atom. The first-order valence-electron chi connectivity index (χ1n) is 4.54. The van der Waals surface area contributed by atoms with Crippen LogP contribution in [0.15, 0.2) is 0 Å². The van der Waals surface area contributed by atoms with Gasteiger partial charge in [-0.25, -0.2) is 0 Å². The van der Waals surface area contributed by atoms with E-state index in [1.165, 1.54) is 0 Å². The summed E-state index contributed by atoms with van der Waals surface area (Å²) < 4.78 is 7.19. The Labute approximate surface area is 76.3 Å². The van der Waals surface area contributed by atoms with Crippen LogP contribution in [0.4, 0.5) is 0 Å². The molecule has 1 aliphatic carbocycles. The van der Waals surface area contributed by atoms with Gasteiger partial charge in [0.1, 0.15) is 6.61 Å². The van der Waals surface area contributed by atoms with E-state index in [2.05, 4.69) is 10.2 Å². The lowest BCUT2D eigenvalue weighted by Gasteiger charge is -2.06. The van der Waals surface area contributed by atoms with Crippen LogP contribution in [-0.4, -0.2) is 26.5 Å². The number of hydrogen-bond acceptors (Lipinski definition) is 4. The lowest BCUT2D eigenvalue weighted by Crippen LogP contribution is -2.05. The molecular formula is C8H13N3O2. The first kappa shape index (κ1) is 8.50. The van der Waals surface area contributed by atoms with Gasteiger partial charge in [-0.3, -0.25) is 4.57 Å². The summed E-state index contributed by atoms with van der Waals surface area (Å²) in [6.07, 6.45) is 2.26. The summed E-state index contributed by atoms with van der Waals surface area (Å²) in [6, 6.07) is 0.979. The van der Waals surface area contributed by atoms with Crippen LogP contribution in [0.2, 0.25) is 0 Å². The summed E-state index contributed by atoms with van der Waals surface area (Å²) in [4.78, 5) is 0. The fourth-order valence-corrected chi connectivity index (χ4v) is 1.34. The van der Waals surface area contributed by atoms with Gasteiger partial charge in [-0.2, -0.15) is 0 Å². The van der Waals surface area contributed by atoms with E-state index in [0.29, 0.717) is 24.5 Å². The normalized spacial score (nSPS) is 16.2. The summed E-state index contributed by atoms with van der Waals surface area (Å²) >= 11 is 0. The van der Waals surface area contributed by atoms with E-state index in [9.17, 15) is 0 Å². The van der Waals surface area contributed by atoms with Gasteiger partial charge in [0.05, 0.1) is 6.61 Å². The molecular weight excluding hydrogens is 170 g/mol. The molecule has 1 fully saturated rings. The van der Waals surface area contributed by atoms with Gasteiger partial charge in [0.25, 0.3) is 0 Å². The molecule has 1 aromatic heterocycles. The zero-order valence-electron chi connectivity index (χ0n) is 7.60. The van der Waals surface area contributed by atoms with Crippen molar-refractivity contribution in [3.05, 3.63) is 5.82 Å². The summed E-state index contributed by atoms with van der Waals surface area (Å²) in [6.45, 7) is 2.41. The predicted molar refractivity (Wildman–Crippen MR) is 45.4 cm³/mol. The molecule has 13 heavy (non-hydrogen) atoms. The molecule has 0 aromatic carbocycles. The minimum absolute atomic E-state index is 0.0728. The molecule has 0 unspecified atom stereocenters. The Kier molecular flexibility index (Phi) is 2.18. The Morgan fingerprint density at radius 1 is 1.54 bits per heavy atom. The van der Waals surface area contributed by atoms with Gasteiger partial charge >= 0.3 is 6.01 Å². The summed E-state index contributed by atoms with van der Waals surface area (Å²) in [5.41, 5.74) is 0. The van der Waals surface area contributed by atoms with Crippen LogP contribution >= 0.6 is 0 Å². The van der Waals surface area contributed by atoms with Crippen molar-refractivity contribution in [1.82, 2.24) is 14.8 Å². The zero-order chi connectivity index (χ0) is 9.26. The van der Waals surface area contributed by atoms with Crippen LogP contribution in [-0.2, 0) is 6.61 Å². The molecule has 1 heterocycles. The van der Waals surface area contributed by atoms with Gasteiger partial charge in [-0.15, -0.1) is 5.10 Å². The van der Waals surface area contributed by atoms with E-state index in [4.69, 9.17) is 9.84 Å². The van der Waals surface area contributed by atoms with Gasteiger partial charge < -0.3 is 9.84 Å². The number of rotatable bonds is 4. The third-order valence-electron chi connectivity index (χ3n) is 2.06. The SMILES string of the molecule is CCOc1nnc(CO)n1C1CC1. The van der Waals surface area contributed by atoms with Crippen LogP contribution in [0, 0.1) is 0 Å². The molecule has 0 atom stereocenters. The molecule has 0 aliphatic heterocycles. The predicted octanol–water partition coefficient (Wildman–Crippen LogP) is 0.504. The molecule has 2 rings (SSSR count). The van der Waals surface area contributed by atoms with E-state index in [1.807, 2.05) is 11.5 Å². The molecule has 1 aromatic rings. The molecule has 0 bridgehead atoms. The quantitative estimate of drug-likeness (QED) is 0.738. The first-order valence-corrected chi connectivity index (χ1v) is 4.54. The van der Waals surface area contributed by atoms with Crippen molar-refractivity contribution in [3.63, 3.8) is 0 Å². The maximum atomic E-state index is 9.00. The van der Waals surface area contributed by atoms with Crippen molar-refractivity contribution in [2.75, 3.05) is 6.61 Å². The number of nitrogens with zero attached hydrogens (tertiary/aromatic N) is 3. The summed E-state index contributed by atoms with van der Waals surface area (Å²) in [5.74, 6) is 0.603. The second-order valence-corrected chi connectivity index (χ2v) is 3.09. The second-order valence-electron chi connectivity index (χ2n) is 3.09. The van der Waals surface area contributed by atoms with Crippen molar-refractivity contribution in [3.8, 4) is 6.01 Å². The standard InChI is InChI=1S/C8H13N3O2/c1-2-13-8-10-9-7(5-12)11(8)6-3-4-6/h6,12H,2-5H2,1H3. The van der Waals surface area contributed by atoms with Crippen LogP contribution in [0.25, 0.3) is 0 Å². The lowest BCUT2D eigenvalue weighted by molar-refractivity contribution is 0.256. The van der Waals surface area contributed by atoms with Gasteiger partial charge in [-0.1, -0.05) is 5.10 Å². The van der Waals surface area contributed by atoms with E-state index in [0.717, 1.165) is 12.8 Å². The van der Waals surface area contributed by atoms with Crippen LogP contribution < -0.4 is 4.74 Å². The highest BCUT2D eigenvalue weighted by Crippen LogP contribution is 2.38. The van der Waals surface area contributed by atoms with Crippen molar-refractivity contribution in [2.45, 2.75) is 32.4 Å². The molecule has 5 nitrogen and oxygen atoms in total. The van der Waals surface area contributed by atoms with E-state index in [1.54, 1.807) is 0 Å². The summed E-state index contributed by atoms with van der Waals surface area (Å²) in [7, 11) is 0. The minimum Gasteiger partial charge on any atom is -0.464 e. The highest BCUT2D eigenvalue weighted by Gasteiger charge is 2.29. The molecule has 0 saturated heterocycles. The smallest absolute Gasteiger partial charge is 0.317 e.